The Morgan fingerprint density at radius 3 is 2.69 bits per heavy atom. The number of nitrogens with zero attached hydrogens (tertiary/aromatic N) is 1. The number of ether oxygens (including phenoxy) is 2. The molecule has 0 radical (unpaired) electrons. The summed E-state index contributed by atoms with van der Waals surface area (Å²) in [7, 11) is -1.85. The van der Waals surface area contributed by atoms with Gasteiger partial charge in [0.15, 0.2) is 6.61 Å². The number of anilines is 1. The summed E-state index contributed by atoms with van der Waals surface area (Å²) in [6.07, 6.45) is 1.67. The lowest BCUT2D eigenvalue weighted by Gasteiger charge is -2.21. The summed E-state index contributed by atoms with van der Waals surface area (Å²) in [5, 5.41) is 2.64. The Bertz CT molecular complexity index is 792. The largest absolute Gasteiger partial charge is 0.452 e. The van der Waals surface area contributed by atoms with E-state index in [2.05, 4.69) is 5.32 Å². The highest BCUT2D eigenvalue weighted by Gasteiger charge is 2.32. The molecule has 0 fully saturated rings. The summed E-state index contributed by atoms with van der Waals surface area (Å²) in [6, 6.07) is 4.32. The summed E-state index contributed by atoms with van der Waals surface area (Å²) in [6.45, 7) is 3.55. The second-order valence-corrected chi connectivity index (χ2v) is 8.31. The number of methoxy groups -OCH3 is 1. The van der Waals surface area contributed by atoms with Gasteiger partial charge in [0.25, 0.3) is 5.91 Å². The number of nitrogens with one attached hydrogen (secondary N) is 1. The first-order chi connectivity index (χ1) is 12.1. The molecule has 0 aromatic heterocycles. The molecule has 1 aromatic rings. The molecule has 0 spiro atoms. The molecule has 0 aliphatic carbocycles. The quantitative estimate of drug-likeness (QED) is 0.695. The lowest BCUT2D eigenvalue weighted by Crippen LogP contribution is -2.38. The highest BCUT2D eigenvalue weighted by molar-refractivity contribution is 7.92. The number of benzene rings is 1. The maximum atomic E-state index is 12.2. The van der Waals surface area contributed by atoms with Crippen LogP contribution < -0.4 is 9.62 Å². The topological polar surface area (TPSA) is 102 Å². The standard InChI is InChI=1S/C17H24N2O6S/c1-11(9-24-3)18-16(20)10-25-17(21)13-5-6-15-14(8-13)7-12(2)19(15)26(4,22)23/h5-6,8,11-12H,7,9-10H2,1-4H3,(H,18,20). The van der Waals surface area contributed by atoms with Gasteiger partial charge >= 0.3 is 5.97 Å². The second kappa shape index (κ2) is 8.05. The van der Waals surface area contributed by atoms with E-state index in [9.17, 15) is 18.0 Å². The van der Waals surface area contributed by atoms with Crippen LogP contribution in [0.25, 0.3) is 0 Å². The number of sulfonamides is 1. The fourth-order valence-electron chi connectivity index (χ4n) is 3.06. The maximum absolute atomic E-state index is 12.2. The van der Waals surface area contributed by atoms with Gasteiger partial charge in [-0.25, -0.2) is 13.2 Å². The lowest BCUT2D eigenvalue weighted by molar-refractivity contribution is -0.125. The van der Waals surface area contributed by atoms with Crippen molar-refractivity contribution in [1.29, 1.82) is 0 Å². The molecule has 0 saturated carbocycles. The molecule has 0 saturated heterocycles. The van der Waals surface area contributed by atoms with Crippen LogP contribution >= 0.6 is 0 Å². The van der Waals surface area contributed by atoms with Gasteiger partial charge in [-0.2, -0.15) is 0 Å². The Morgan fingerprint density at radius 1 is 1.38 bits per heavy atom. The third-order valence-corrected chi connectivity index (χ3v) is 5.26. The summed E-state index contributed by atoms with van der Waals surface area (Å²) >= 11 is 0. The van der Waals surface area contributed by atoms with Crippen molar-refractivity contribution in [2.24, 2.45) is 0 Å². The van der Waals surface area contributed by atoms with Gasteiger partial charge in [-0.1, -0.05) is 0 Å². The Kier molecular flexibility index (Phi) is 6.25. The third-order valence-electron chi connectivity index (χ3n) is 3.98. The third kappa shape index (κ3) is 4.73. The first-order valence-corrected chi connectivity index (χ1v) is 10.1. The molecule has 1 aliphatic heterocycles. The molecule has 1 aliphatic rings. The van der Waals surface area contributed by atoms with Crippen LogP contribution in [0.3, 0.4) is 0 Å². The van der Waals surface area contributed by atoms with Crippen LogP contribution in [-0.2, 0) is 30.7 Å². The summed E-state index contributed by atoms with van der Waals surface area (Å²) in [5.74, 6) is -1.05. The number of hydrogen-bond donors (Lipinski definition) is 1. The van der Waals surface area contributed by atoms with Gasteiger partial charge in [-0.05, 0) is 44.0 Å². The number of esters is 1. The molecule has 8 nitrogen and oxygen atoms in total. The van der Waals surface area contributed by atoms with Crippen LogP contribution in [0.4, 0.5) is 5.69 Å². The summed E-state index contributed by atoms with van der Waals surface area (Å²) < 4.78 is 35.1. The van der Waals surface area contributed by atoms with E-state index in [-0.39, 0.29) is 17.6 Å². The zero-order valence-corrected chi connectivity index (χ0v) is 16.1. The molecule has 1 amide bonds. The molecule has 2 atom stereocenters. The van der Waals surface area contributed by atoms with Crippen molar-refractivity contribution in [3.63, 3.8) is 0 Å². The first kappa shape index (κ1) is 20.2. The molecule has 26 heavy (non-hydrogen) atoms. The average molecular weight is 384 g/mol. The minimum atomic E-state index is -3.38. The fraction of sp³-hybridized carbons (Fsp3) is 0.529. The van der Waals surface area contributed by atoms with Crippen molar-refractivity contribution in [3.05, 3.63) is 29.3 Å². The van der Waals surface area contributed by atoms with Crippen molar-refractivity contribution in [1.82, 2.24) is 5.32 Å². The lowest BCUT2D eigenvalue weighted by atomic mass is 10.1. The second-order valence-electron chi connectivity index (χ2n) is 6.46. The van der Waals surface area contributed by atoms with Crippen LogP contribution in [0.5, 0.6) is 0 Å². The Balaban J connectivity index is 2.02. The van der Waals surface area contributed by atoms with Crippen molar-refractivity contribution in [3.8, 4) is 0 Å². The van der Waals surface area contributed by atoms with Crippen LogP contribution in [-0.4, -0.2) is 59.0 Å². The van der Waals surface area contributed by atoms with E-state index >= 15 is 0 Å². The predicted molar refractivity (Wildman–Crippen MR) is 96.7 cm³/mol. The number of fused-ring (bicyclic) bond motifs is 1. The zero-order valence-electron chi connectivity index (χ0n) is 15.3. The number of amides is 1. The van der Waals surface area contributed by atoms with Gasteiger partial charge in [0, 0.05) is 19.2 Å². The zero-order chi connectivity index (χ0) is 19.5. The van der Waals surface area contributed by atoms with Crippen molar-refractivity contribution in [2.45, 2.75) is 32.4 Å². The highest BCUT2D eigenvalue weighted by Crippen LogP contribution is 2.34. The molecule has 9 heteroatoms. The van der Waals surface area contributed by atoms with Crippen LogP contribution in [0.15, 0.2) is 18.2 Å². The number of hydrogen-bond acceptors (Lipinski definition) is 6. The normalized spacial score (nSPS) is 17.5. The smallest absolute Gasteiger partial charge is 0.338 e. The van der Waals surface area contributed by atoms with Crippen LogP contribution in [0.2, 0.25) is 0 Å². The summed E-state index contributed by atoms with van der Waals surface area (Å²) in [4.78, 5) is 23.9. The number of carbonyl (C=O) groups is 2. The molecular weight excluding hydrogens is 360 g/mol. The van der Waals surface area contributed by atoms with E-state index < -0.39 is 28.5 Å². The molecular formula is C17H24N2O6S. The molecule has 1 aromatic carbocycles. The SMILES string of the molecule is COCC(C)NC(=O)COC(=O)c1ccc2c(c1)CC(C)N2S(C)(=O)=O. The van der Waals surface area contributed by atoms with E-state index in [1.165, 1.54) is 17.5 Å². The maximum Gasteiger partial charge on any atom is 0.338 e. The summed E-state index contributed by atoms with van der Waals surface area (Å²) in [5.41, 5.74) is 1.61. The van der Waals surface area contributed by atoms with Crippen LogP contribution in [0, 0.1) is 0 Å². The average Bonchev–Trinajstić information content (AvgIpc) is 2.87. The molecule has 0 bridgehead atoms. The molecule has 2 rings (SSSR count). The molecule has 144 valence electrons. The van der Waals surface area contributed by atoms with E-state index in [1.807, 2.05) is 6.92 Å². The highest BCUT2D eigenvalue weighted by atomic mass is 32.2. The minimum Gasteiger partial charge on any atom is -0.452 e. The van der Waals surface area contributed by atoms with E-state index in [0.29, 0.717) is 18.7 Å². The van der Waals surface area contributed by atoms with Crippen molar-refractivity contribution in [2.75, 3.05) is 30.9 Å². The van der Waals surface area contributed by atoms with Gasteiger partial charge in [0.1, 0.15) is 0 Å². The Labute approximate surface area is 153 Å². The van der Waals surface area contributed by atoms with E-state index in [4.69, 9.17) is 9.47 Å². The van der Waals surface area contributed by atoms with Gasteiger partial charge in [0.05, 0.1) is 24.1 Å². The van der Waals surface area contributed by atoms with Crippen LogP contribution in [0.1, 0.15) is 29.8 Å². The minimum absolute atomic E-state index is 0.186. The van der Waals surface area contributed by atoms with Crippen molar-refractivity contribution >= 4 is 27.6 Å². The van der Waals surface area contributed by atoms with Gasteiger partial charge in [-0.15, -0.1) is 0 Å². The first-order valence-electron chi connectivity index (χ1n) is 8.21. The fourth-order valence-corrected chi connectivity index (χ4v) is 4.32. The Hall–Kier alpha value is -2.13. The van der Waals surface area contributed by atoms with Gasteiger partial charge < -0.3 is 14.8 Å². The molecule has 1 heterocycles. The Morgan fingerprint density at radius 2 is 2.08 bits per heavy atom. The van der Waals surface area contributed by atoms with Gasteiger partial charge in [-0.3, -0.25) is 9.10 Å². The van der Waals surface area contributed by atoms with Gasteiger partial charge in [0.2, 0.25) is 10.0 Å². The van der Waals surface area contributed by atoms with E-state index in [0.717, 1.165) is 11.8 Å². The number of carbonyl (C=O) groups excluding carboxylic acids is 2. The van der Waals surface area contributed by atoms with Crippen molar-refractivity contribution < 1.29 is 27.5 Å². The number of rotatable bonds is 7. The molecule has 1 N–H and O–H groups in total. The predicted octanol–water partition coefficient (Wildman–Crippen LogP) is 0.705. The van der Waals surface area contributed by atoms with E-state index in [1.54, 1.807) is 19.1 Å². The monoisotopic (exact) mass is 384 g/mol. The molecule has 2 unspecified atom stereocenters.